The van der Waals surface area contributed by atoms with Crippen LogP contribution < -0.4 is 9.47 Å². The van der Waals surface area contributed by atoms with Crippen molar-refractivity contribution in [3.8, 4) is 17.7 Å². The average molecular weight is 761 g/mol. The molecule has 4 atom stereocenters. The number of rotatable bonds is 11. The molecule has 1 fully saturated rings. The number of fused-ring (bicyclic) bond motifs is 4. The van der Waals surface area contributed by atoms with Crippen LogP contribution in [-0.4, -0.2) is 68.0 Å². The first-order valence-corrected chi connectivity index (χ1v) is 20.8. The van der Waals surface area contributed by atoms with Gasteiger partial charge in [0.1, 0.15) is 34.5 Å². The smallest absolute Gasteiger partial charge is 0.265 e. The predicted molar refractivity (Wildman–Crippen MR) is 188 cm³/mol. The lowest BCUT2D eigenvalue weighted by Crippen LogP contribution is -2.68. The number of nitrogens with zero attached hydrogens (tertiary/aromatic N) is 3. The van der Waals surface area contributed by atoms with E-state index in [1.807, 2.05) is 72.8 Å². The number of ether oxygens (including phenoxy) is 2. The largest absolute Gasteiger partial charge is 0.507 e. The maximum atomic E-state index is 16.1. The number of aromatic nitrogens is 1. The first-order chi connectivity index (χ1) is 23.0. The van der Waals surface area contributed by atoms with Gasteiger partial charge in [-0.1, -0.05) is 47.5 Å². The molecule has 0 radical (unpaired) electrons. The molecule has 1 aromatic heterocycles. The van der Waals surface area contributed by atoms with Crippen LogP contribution in [0, 0.1) is 29.0 Å². The molecule has 0 bridgehead atoms. The molecule has 0 spiro atoms. The number of ketones is 2. The Labute approximate surface area is 297 Å². The van der Waals surface area contributed by atoms with Gasteiger partial charge < -0.3 is 23.5 Å². The highest BCUT2D eigenvalue weighted by atomic mass is 79.9. The standard InChI is InChI=1S/C36H47BrFN3O7Si/c1-10-12-14-45-30-24-20(27(38)21(18-39)26(30)37)16-19-17-22-28(41(6)7)31-25(34(40-47-31)46-15-13-11-2)33(44)36(22,32(43)23(19)29(24)42)48-49(8,9)35(3,4)5/h19,22,28,42H,10-17H2,1-9H3/t19-,22-,28-,36-/m0/s1. The van der Waals surface area contributed by atoms with Crippen LogP contribution in [0.2, 0.25) is 18.1 Å². The quantitative estimate of drug-likeness (QED) is 0.136. The normalized spacial score (nSPS) is 23.5. The van der Waals surface area contributed by atoms with Gasteiger partial charge in [-0.15, -0.1) is 0 Å². The topological polar surface area (TPSA) is 135 Å². The van der Waals surface area contributed by atoms with Crippen molar-refractivity contribution >= 4 is 41.6 Å². The summed E-state index contributed by atoms with van der Waals surface area (Å²) in [6, 6.07) is 1.29. The second-order valence-corrected chi connectivity index (χ2v) is 20.6. The summed E-state index contributed by atoms with van der Waals surface area (Å²) in [5.74, 6) is -3.59. The zero-order valence-corrected chi connectivity index (χ0v) is 32.5. The maximum Gasteiger partial charge on any atom is 0.265 e. The lowest BCUT2D eigenvalue weighted by Gasteiger charge is -2.55. The minimum Gasteiger partial charge on any atom is -0.507 e. The van der Waals surface area contributed by atoms with E-state index in [1.54, 1.807) is 0 Å². The molecule has 2 aromatic rings. The number of hydrogen-bond donors (Lipinski definition) is 1. The molecule has 1 N–H and O–H groups in total. The Hall–Kier alpha value is -3.05. The number of nitriles is 1. The van der Waals surface area contributed by atoms with Crippen LogP contribution in [-0.2, 0) is 15.6 Å². The fraction of sp³-hybridized carbons (Fsp3) is 0.611. The number of unbranched alkanes of at least 4 members (excludes halogenated alkanes) is 2. The second-order valence-electron chi connectivity index (χ2n) is 15.1. The van der Waals surface area contributed by atoms with Crippen LogP contribution in [0.15, 0.2) is 14.6 Å². The van der Waals surface area contributed by atoms with E-state index in [2.05, 4.69) is 21.1 Å². The molecule has 1 saturated carbocycles. The summed E-state index contributed by atoms with van der Waals surface area (Å²) in [4.78, 5) is 32.5. The van der Waals surface area contributed by atoms with Crippen molar-refractivity contribution in [3.63, 3.8) is 0 Å². The monoisotopic (exact) mass is 759 g/mol. The van der Waals surface area contributed by atoms with Crippen LogP contribution in [0.5, 0.6) is 11.6 Å². The molecule has 3 aliphatic carbocycles. The van der Waals surface area contributed by atoms with E-state index in [-0.39, 0.29) is 69.1 Å². The van der Waals surface area contributed by atoms with Gasteiger partial charge in [-0.05, 0) is 84.9 Å². The van der Waals surface area contributed by atoms with Gasteiger partial charge in [0.25, 0.3) is 5.88 Å². The van der Waals surface area contributed by atoms with E-state index < -0.39 is 60.0 Å². The van der Waals surface area contributed by atoms with Gasteiger partial charge in [0.15, 0.2) is 19.7 Å². The molecular weight excluding hydrogens is 713 g/mol. The molecule has 3 aliphatic rings. The second kappa shape index (κ2) is 13.6. The molecule has 1 heterocycles. The summed E-state index contributed by atoms with van der Waals surface area (Å²) in [6.45, 7) is 14.6. The first-order valence-electron chi connectivity index (χ1n) is 17.1. The van der Waals surface area contributed by atoms with Crippen LogP contribution in [0.25, 0.3) is 5.76 Å². The summed E-state index contributed by atoms with van der Waals surface area (Å²) in [6.07, 6.45) is 3.27. The Balaban J connectivity index is 1.81. The Morgan fingerprint density at radius 3 is 2.33 bits per heavy atom. The van der Waals surface area contributed by atoms with Crippen molar-refractivity contribution in [2.75, 3.05) is 27.3 Å². The van der Waals surface area contributed by atoms with Crippen molar-refractivity contribution in [1.29, 1.82) is 5.26 Å². The zero-order chi connectivity index (χ0) is 36.2. The SMILES string of the molecule is CCCCOc1noc2c1C(=O)[C@@]1(O[Si](C)(C)C(C)(C)C)C(=O)C3=C(O)c4c(c(F)c(C#N)c(Br)c4OCCCC)C[C@H]3C[C@H]1[C@@H]2N(C)C. The molecule has 0 unspecified atom stereocenters. The first kappa shape index (κ1) is 37.2. The van der Waals surface area contributed by atoms with Gasteiger partial charge in [-0.25, -0.2) is 4.39 Å². The third-order valence-corrected chi connectivity index (χ3v) is 15.9. The third kappa shape index (κ3) is 5.86. The molecule has 5 rings (SSSR count). The third-order valence-electron chi connectivity index (χ3n) is 10.7. The summed E-state index contributed by atoms with van der Waals surface area (Å²) in [5, 5.41) is 25.8. The number of aliphatic hydroxyl groups excluding tert-OH is 1. The average Bonchev–Trinajstić information content (AvgIpc) is 3.43. The summed E-state index contributed by atoms with van der Waals surface area (Å²) in [5.41, 5.74) is -2.11. The summed E-state index contributed by atoms with van der Waals surface area (Å²) < 4.78 is 41.2. The van der Waals surface area contributed by atoms with Gasteiger partial charge in [0, 0.05) is 17.1 Å². The number of benzene rings is 1. The van der Waals surface area contributed by atoms with E-state index in [4.69, 9.17) is 18.4 Å². The number of aliphatic hydroxyl groups is 1. The lowest BCUT2D eigenvalue weighted by atomic mass is 9.57. The minimum absolute atomic E-state index is 0.00183. The van der Waals surface area contributed by atoms with E-state index in [0.29, 0.717) is 13.0 Å². The summed E-state index contributed by atoms with van der Waals surface area (Å²) in [7, 11) is 0.764. The fourth-order valence-electron chi connectivity index (χ4n) is 7.14. The molecule has 0 amide bonds. The molecule has 13 heteroatoms. The lowest BCUT2D eigenvalue weighted by molar-refractivity contribution is -0.140. The number of carbonyl (C=O) groups excluding carboxylic acids is 2. The molecule has 0 saturated heterocycles. The van der Waals surface area contributed by atoms with Crippen LogP contribution in [0.1, 0.15) is 106 Å². The Bertz CT molecular complexity index is 1740. The highest BCUT2D eigenvalue weighted by molar-refractivity contribution is 9.10. The van der Waals surface area contributed by atoms with E-state index >= 15 is 14.0 Å². The van der Waals surface area contributed by atoms with Crippen molar-refractivity contribution < 1.29 is 37.5 Å². The number of halogens is 2. The van der Waals surface area contributed by atoms with E-state index in [9.17, 15) is 10.4 Å². The molecule has 0 aliphatic heterocycles. The predicted octanol–water partition coefficient (Wildman–Crippen LogP) is 8.10. The number of Topliss-reactive ketones (excluding diaryl/α,β-unsaturated/α-hetero) is 2. The fourth-order valence-corrected chi connectivity index (χ4v) is 9.17. The van der Waals surface area contributed by atoms with Crippen molar-refractivity contribution in [2.45, 2.75) is 103 Å². The zero-order valence-electron chi connectivity index (χ0n) is 29.9. The molecule has 10 nitrogen and oxygen atoms in total. The maximum absolute atomic E-state index is 16.1. The molecular formula is C36H47BrFN3O7Si. The van der Waals surface area contributed by atoms with Crippen molar-refractivity contribution in [1.82, 2.24) is 10.1 Å². The minimum atomic E-state index is -2.90. The highest BCUT2D eigenvalue weighted by Gasteiger charge is 2.69. The van der Waals surface area contributed by atoms with E-state index in [1.165, 1.54) is 0 Å². The van der Waals surface area contributed by atoms with Crippen molar-refractivity contribution in [2.24, 2.45) is 11.8 Å². The van der Waals surface area contributed by atoms with Gasteiger partial charge >= 0.3 is 0 Å². The Morgan fingerprint density at radius 2 is 1.76 bits per heavy atom. The van der Waals surface area contributed by atoms with Crippen LogP contribution >= 0.6 is 15.9 Å². The van der Waals surface area contributed by atoms with E-state index in [0.717, 1.165) is 19.3 Å². The summed E-state index contributed by atoms with van der Waals surface area (Å²) >= 11 is 3.35. The Morgan fingerprint density at radius 1 is 1.12 bits per heavy atom. The van der Waals surface area contributed by atoms with Crippen LogP contribution in [0.3, 0.4) is 0 Å². The molecule has 1 aromatic carbocycles. The van der Waals surface area contributed by atoms with Gasteiger partial charge in [0.2, 0.25) is 11.6 Å². The van der Waals surface area contributed by atoms with Gasteiger partial charge in [0.05, 0.1) is 29.3 Å². The number of carbonyl (C=O) groups is 2. The van der Waals surface area contributed by atoms with Gasteiger partial charge in [-0.2, -0.15) is 5.26 Å². The Kier molecular flexibility index (Phi) is 10.3. The number of hydrogen-bond acceptors (Lipinski definition) is 10. The van der Waals surface area contributed by atoms with Crippen LogP contribution in [0.4, 0.5) is 4.39 Å². The van der Waals surface area contributed by atoms with Crippen molar-refractivity contribution in [3.05, 3.63) is 43.9 Å². The highest BCUT2D eigenvalue weighted by Crippen LogP contribution is 2.59. The van der Waals surface area contributed by atoms with Gasteiger partial charge in [-0.3, -0.25) is 14.5 Å². The molecule has 266 valence electrons. The molecule has 49 heavy (non-hydrogen) atoms.